The lowest BCUT2D eigenvalue weighted by atomic mass is 10.0. The molecule has 2 amide bonds. The number of rotatable bonds is 6. The number of nitrogens with one attached hydrogen (secondary N) is 2. The molecule has 1 radical (unpaired) electrons. The van der Waals surface area contributed by atoms with Gasteiger partial charge in [0, 0.05) is 12.8 Å². The van der Waals surface area contributed by atoms with E-state index in [4.69, 9.17) is 0 Å². The fourth-order valence-corrected chi connectivity index (χ4v) is 1.84. The maximum Gasteiger partial charge on any atom is 0.242 e. The number of carbonyl (C=O) groups is 3. The Kier molecular flexibility index (Phi) is 6.15. The Labute approximate surface area is 119 Å². The molecule has 5 heteroatoms. The number of allylic oxidation sites excluding steroid dienone is 2. The zero-order chi connectivity index (χ0) is 15.1. The zero-order valence-electron chi connectivity index (χ0n) is 12.2. The van der Waals surface area contributed by atoms with Gasteiger partial charge in [-0.3, -0.25) is 9.59 Å². The third kappa shape index (κ3) is 5.82. The van der Waals surface area contributed by atoms with Crippen molar-refractivity contribution in [3.63, 3.8) is 0 Å². The van der Waals surface area contributed by atoms with Gasteiger partial charge in [-0.15, -0.1) is 0 Å². The van der Waals surface area contributed by atoms with Gasteiger partial charge >= 0.3 is 0 Å². The summed E-state index contributed by atoms with van der Waals surface area (Å²) < 4.78 is 0. The Balaban J connectivity index is 2.36. The van der Waals surface area contributed by atoms with Crippen LogP contribution in [-0.4, -0.2) is 29.7 Å². The Morgan fingerprint density at radius 3 is 2.70 bits per heavy atom. The lowest BCUT2D eigenvalue weighted by molar-refractivity contribution is -0.129. The van der Waals surface area contributed by atoms with Crippen molar-refractivity contribution in [2.24, 2.45) is 0 Å². The third-order valence-corrected chi connectivity index (χ3v) is 2.97. The van der Waals surface area contributed by atoms with E-state index in [1.54, 1.807) is 13.0 Å². The van der Waals surface area contributed by atoms with Gasteiger partial charge in [-0.25, -0.2) is 0 Å². The molecule has 0 aliphatic heterocycles. The SMILES string of the molecule is CC(=O)CCC(=O)N[C@@H](C)C(=O)N[C@@H]1C=[C]C=C(C)C1. The van der Waals surface area contributed by atoms with E-state index in [0.717, 1.165) is 12.0 Å². The van der Waals surface area contributed by atoms with Crippen LogP contribution in [0.1, 0.15) is 40.0 Å². The molecule has 0 aromatic heterocycles. The lowest BCUT2D eigenvalue weighted by Crippen LogP contribution is -2.47. The Morgan fingerprint density at radius 1 is 1.40 bits per heavy atom. The molecular formula is C15H21N2O3. The van der Waals surface area contributed by atoms with Gasteiger partial charge in [0.25, 0.3) is 0 Å². The van der Waals surface area contributed by atoms with E-state index in [9.17, 15) is 14.4 Å². The first-order valence-electron chi connectivity index (χ1n) is 6.72. The van der Waals surface area contributed by atoms with Gasteiger partial charge in [0.05, 0.1) is 6.04 Å². The topological polar surface area (TPSA) is 75.3 Å². The van der Waals surface area contributed by atoms with Crippen LogP contribution in [0.5, 0.6) is 0 Å². The van der Waals surface area contributed by atoms with Gasteiger partial charge < -0.3 is 15.4 Å². The van der Waals surface area contributed by atoms with Crippen LogP contribution >= 0.6 is 0 Å². The van der Waals surface area contributed by atoms with Crippen LogP contribution in [0.3, 0.4) is 0 Å². The molecular weight excluding hydrogens is 256 g/mol. The molecule has 0 aromatic carbocycles. The van der Waals surface area contributed by atoms with E-state index < -0.39 is 6.04 Å². The zero-order valence-corrected chi connectivity index (χ0v) is 12.2. The number of Topliss-reactive ketones (excluding diaryl/α,β-unsaturated/α-hetero) is 1. The van der Waals surface area contributed by atoms with Gasteiger partial charge in [0.2, 0.25) is 11.8 Å². The Hall–Kier alpha value is -1.91. The first kappa shape index (κ1) is 16.1. The van der Waals surface area contributed by atoms with E-state index in [0.29, 0.717) is 0 Å². The molecule has 0 heterocycles. The van der Waals surface area contributed by atoms with Crippen molar-refractivity contribution in [2.45, 2.75) is 52.1 Å². The molecule has 0 saturated heterocycles. The van der Waals surface area contributed by atoms with E-state index in [1.165, 1.54) is 6.92 Å². The summed E-state index contributed by atoms with van der Waals surface area (Å²) in [5.41, 5.74) is 1.15. The molecule has 20 heavy (non-hydrogen) atoms. The molecule has 109 valence electrons. The minimum atomic E-state index is -0.617. The van der Waals surface area contributed by atoms with Crippen LogP contribution in [-0.2, 0) is 14.4 Å². The van der Waals surface area contributed by atoms with E-state index in [-0.39, 0.29) is 36.5 Å². The van der Waals surface area contributed by atoms with Gasteiger partial charge in [-0.2, -0.15) is 0 Å². The van der Waals surface area contributed by atoms with Crippen LogP contribution in [0.2, 0.25) is 0 Å². The number of carbonyl (C=O) groups excluding carboxylic acids is 3. The molecule has 1 rings (SSSR count). The molecule has 2 N–H and O–H groups in total. The van der Waals surface area contributed by atoms with Crippen molar-refractivity contribution in [2.75, 3.05) is 0 Å². The lowest BCUT2D eigenvalue weighted by Gasteiger charge is -2.21. The molecule has 1 aliphatic rings. The number of ketones is 1. The number of amides is 2. The quantitative estimate of drug-likeness (QED) is 0.762. The van der Waals surface area contributed by atoms with Crippen LogP contribution in [0.4, 0.5) is 0 Å². The molecule has 1 aliphatic carbocycles. The van der Waals surface area contributed by atoms with Crippen LogP contribution in [0.25, 0.3) is 0 Å². The minimum Gasteiger partial charge on any atom is -0.348 e. The number of hydrogen-bond acceptors (Lipinski definition) is 3. The molecule has 2 atom stereocenters. The van der Waals surface area contributed by atoms with Crippen molar-refractivity contribution in [3.05, 3.63) is 23.8 Å². The van der Waals surface area contributed by atoms with Crippen molar-refractivity contribution in [3.8, 4) is 0 Å². The third-order valence-electron chi connectivity index (χ3n) is 2.97. The van der Waals surface area contributed by atoms with Gasteiger partial charge in [0.15, 0.2) is 0 Å². The average molecular weight is 277 g/mol. The summed E-state index contributed by atoms with van der Waals surface area (Å²) in [4.78, 5) is 34.3. The van der Waals surface area contributed by atoms with E-state index in [2.05, 4.69) is 16.7 Å². The first-order chi connectivity index (χ1) is 9.38. The number of hydrogen-bond donors (Lipinski definition) is 2. The van der Waals surface area contributed by atoms with E-state index >= 15 is 0 Å². The molecule has 0 spiro atoms. The van der Waals surface area contributed by atoms with Crippen molar-refractivity contribution >= 4 is 17.6 Å². The summed E-state index contributed by atoms with van der Waals surface area (Å²) in [7, 11) is 0. The van der Waals surface area contributed by atoms with Gasteiger partial charge in [-0.1, -0.05) is 17.7 Å². The van der Waals surface area contributed by atoms with Crippen molar-refractivity contribution in [1.82, 2.24) is 10.6 Å². The Morgan fingerprint density at radius 2 is 2.10 bits per heavy atom. The highest BCUT2D eigenvalue weighted by molar-refractivity contribution is 5.89. The second-order valence-corrected chi connectivity index (χ2v) is 5.13. The summed E-state index contributed by atoms with van der Waals surface area (Å²) in [5.74, 6) is -0.564. The van der Waals surface area contributed by atoms with Crippen LogP contribution < -0.4 is 10.6 Å². The maximum atomic E-state index is 11.9. The highest BCUT2D eigenvalue weighted by atomic mass is 16.2. The molecule has 0 bridgehead atoms. The predicted octanol–water partition coefficient (Wildman–Crippen LogP) is 1.05. The van der Waals surface area contributed by atoms with Gasteiger partial charge in [0.1, 0.15) is 11.8 Å². The standard InChI is InChI=1S/C15H21N2O3/c1-10-5-4-6-13(9-10)17-15(20)12(3)16-14(19)8-7-11(2)18/h5-6,12-13H,7-9H2,1-3H3,(H,16,19)(H,17,20)/t12-,13+/m0/s1. The van der Waals surface area contributed by atoms with Gasteiger partial charge in [-0.05, 0) is 33.3 Å². The summed E-state index contributed by atoms with van der Waals surface area (Å²) in [5, 5.41) is 5.42. The highest BCUT2D eigenvalue weighted by Crippen LogP contribution is 2.10. The van der Waals surface area contributed by atoms with Crippen molar-refractivity contribution in [1.29, 1.82) is 0 Å². The highest BCUT2D eigenvalue weighted by Gasteiger charge is 2.19. The second-order valence-electron chi connectivity index (χ2n) is 5.13. The molecule has 0 unspecified atom stereocenters. The molecule has 0 saturated carbocycles. The monoisotopic (exact) mass is 277 g/mol. The summed E-state index contributed by atoms with van der Waals surface area (Å²) >= 11 is 0. The summed E-state index contributed by atoms with van der Waals surface area (Å²) in [6.07, 6.45) is 7.73. The first-order valence-corrected chi connectivity index (χ1v) is 6.72. The minimum absolute atomic E-state index is 0.0394. The fourth-order valence-electron chi connectivity index (χ4n) is 1.84. The molecule has 0 fully saturated rings. The summed E-state index contributed by atoms with van der Waals surface area (Å²) in [6, 6.07) is -0.696. The van der Waals surface area contributed by atoms with Crippen molar-refractivity contribution < 1.29 is 14.4 Å². The van der Waals surface area contributed by atoms with Crippen LogP contribution in [0, 0.1) is 6.08 Å². The maximum absolute atomic E-state index is 11.9. The molecule has 5 nitrogen and oxygen atoms in total. The fraction of sp³-hybridized carbons (Fsp3) is 0.533. The van der Waals surface area contributed by atoms with E-state index in [1.807, 2.05) is 13.0 Å². The second kappa shape index (κ2) is 7.62. The summed E-state index contributed by atoms with van der Waals surface area (Å²) in [6.45, 7) is 5.04. The largest absolute Gasteiger partial charge is 0.348 e. The average Bonchev–Trinajstić information content (AvgIpc) is 2.36. The predicted molar refractivity (Wildman–Crippen MR) is 75.6 cm³/mol. The smallest absolute Gasteiger partial charge is 0.242 e. The normalized spacial score (nSPS) is 18.9. The molecule has 0 aromatic rings. The van der Waals surface area contributed by atoms with Crippen LogP contribution in [0.15, 0.2) is 17.7 Å². The Bertz CT molecular complexity index is 452.